The molecule has 4 rings (SSSR count). The number of imidazole rings is 1. The second-order valence-electron chi connectivity index (χ2n) is 7.19. The van der Waals surface area contributed by atoms with E-state index in [0.29, 0.717) is 18.4 Å². The van der Waals surface area contributed by atoms with Crippen molar-refractivity contribution in [2.24, 2.45) is 30.5 Å². The van der Waals surface area contributed by atoms with Crippen LogP contribution in [-0.2, 0) is 18.4 Å². The molecule has 2 aromatic rings. The van der Waals surface area contributed by atoms with E-state index in [1.54, 1.807) is 6.20 Å². The van der Waals surface area contributed by atoms with E-state index < -0.39 is 0 Å². The molecule has 2 aliphatic rings. The molecule has 0 spiro atoms. The second kappa shape index (κ2) is 6.52. The summed E-state index contributed by atoms with van der Waals surface area (Å²) in [5.41, 5.74) is 7.03. The average molecular weight is 340 g/mol. The van der Waals surface area contributed by atoms with Gasteiger partial charge in [-0.2, -0.15) is 0 Å². The first-order valence-electron chi connectivity index (χ1n) is 8.87. The Morgan fingerprint density at radius 2 is 2.08 bits per heavy atom. The summed E-state index contributed by atoms with van der Waals surface area (Å²) in [5.74, 6) is 2.61. The molecule has 2 saturated carbocycles. The normalized spacial score (nSPS) is 27.4. The molecule has 3 N–H and O–H groups in total. The predicted molar refractivity (Wildman–Crippen MR) is 94.9 cm³/mol. The predicted octanol–water partition coefficient (Wildman–Crippen LogP) is 2.31. The zero-order valence-electron chi connectivity index (χ0n) is 14.4. The van der Waals surface area contributed by atoms with Crippen molar-refractivity contribution < 1.29 is 9.53 Å². The van der Waals surface area contributed by atoms with E-state index in [4.69, 9.17) is 10.5 Å². The minimum atomic E-state index is -0.0434. The van der Waals surface area contributed by atoms with Gasteiger partial charge in [0.1, 0.15) is 18.2 Å². The van der Waals surface area contributed by atoms with Gasteiger partial charge in [-0.25, -0.2) is 4.98 Å². The fraction of sp³-hybridized carbons (Fsp3) is 0.474. The van der Waals surface area contributed by atoms with Crippen LogP contribution in [-0.4, -0.2) is 21.5 Å². The number of benzene rings is 1. The lowest BCUT2D eigenvalue weighted by Gasteiger charge is -2.27. The van der Waals surface area contributed by atoms with Crippen LogP contribution in [0.2, 0.25) is 0 Å². The highest BCUT2D eigenvalue weighted by atomic mass is 16.5. The lowest BCUT2D eigenvalue weighted by molar-refractivity contribution is -0.121. The van der Waals surface area contributed by atoms with Crippen molar-refractivity contribution in [3.8, 4) is 5.75 Å². The number of aromatic nitrogens is 2. The van der Waals surface area contributed by atoms with Gasteiger partial charge in [-0.05, 0) is 55.4 Å². The number of rotatable bonds is 5. The fourth-order valence-corrected chi connectivity index (χ4v) is 4.27. The molecule has 6 nitrogen and oxygen atoms in total. The average Bonchev–Trinajstić information content (AvgIpc) is 3.30. The molecule has 25 heavy (non-hydrogen) atoms. The van der Waals surface area contributed by atoms with E-state index in [1.165, 1.54) is 6.42 Å². The minimum Gasteiger partial charge on any atom is -0.486 e. The summed E-state index contributed by atoms with van der Waals surface area (Å²) in [6.07, 6.45) is 7.06. The first kappa shape index (κ1) is 16.1. The standard InChI is InChI=1S/C19H24N4O2/c1-23-9-8-21-16(23)11-25-15-6-4-14(5-7-15)22-19(24)17-12-2-3-13(10-12)18(17)20/h4-9,12-13,17-18H,2-3,10-11,20H2,1H3,(H,22,24). The number of hydrogen-bond acceptors (Lipinski definition) is 4. The molecule has 1 heterocycles. The molecule has 2 aliphatic carbocycles. The van der Waals surface area contributed by atoms with Crippen LogP contribution in [0.4, 0.5) is 5.69 Å². The first-order valence-corrected chi connectivity index (χ1v) is 8.87. The fourth-order valence-electron chi connectivity index (χ4n) is 4.27. The first-order chi connectivity index (χ1) is 12.1. The van der Waals surface area contributed by atoms with Crippen LogP contribution < -0.4 is 15.8 Å². The maximum atomic E-state index is 12.6. The molecule has 132 valence electrons. The molecule has 0 aliphatic heterocycles. The van der Waals surface area contributed by atoms with Crippen molar-refractivity contribution in [1.82, 2.24) is 9.55 Å². The lowest BCUT2D eigenvalue weighted by atomic mass is 9.84. The topological polar surface area (TPSA) is 82.2 Å². The Labute approximate surface area is 147 Å². The van der Waals surface area contributed by atoms with E-state index in [2.05, 4.69) is 10.3 Å². The van der Waals surface area contributed by atoms with E-state index in [9.17, 15) is 4.79 Å². The Morgan fingerprint density at radius 3 is 2.72 bits per heavy atom. The summed E-state index contributed by atoms with van der Waals surface area (Å²) in [4.78, 5) is 16.8. The lowest BCUT2D eigenvalue weighted by Crippen LogP contribution is -2.42. The molecule has 1 amide bonds. The molecule has 1 aromatic carbocycles. The number of nitrogens with zero attached hydrogens (tertiary/aromatic N) is 2. The molecule has 2 fully saturated rings. The van der Waals surface area contributed by atoms with E-state index >= 15 is 0 Å². The van der Waals surface area contributed by atoms with Gasteiger partial charge < -0.3 is 20.4 Å². The van der Waals surface area contributed by atoms with Crippen LogP contribution >= 0.6 is 0 Å². The van der Waals surface area contributed by atoms with Crippen molar-refractivity contribution in [1.29, 1.82) is 0 Å². The number of amides is 1. The highest BCUT2D eigenvalue weighted by molar-refractivity contribution is 5.93. The largest absolute Gasteiger partial charge is 0.486 e. The Kier molecular flexibility index (Phi) is 4.21. The van der Waals surface area contributed by atoms with Gasteiger partial charge in [0, 0.05) is 31.2 Å². The quantitative estimate of drug-likeness (QED) is 0.875. The highest BCUT2D eigenvalue weighted by Crippen LogP contribution is 2.47. The Morgan fingerprint density at radius 1 is 1.32 bits per heavy atom. The van der Waals surface area contributed by atoms with Gasteiger partial charge in [0.2, 0.25) is 5.91 Å². The van der Waals surface area contributed by atoms with Crippen molar-refractivity contribution in [2.75, 3.05) is 5.32 Å². The van der Waals surface area contributed by atoms with Crippen LogP contribution in [0.15, 0.2) is 36.7 Å². The van der Waals surface area contributed by atoms with Crippen LogP contribution in [0.5, 0.6) is 5.75 Å². The summed E-state index contributed by atoms with van der Waals surface area (Å²) in [7, 11) is 1.94. The summed E-state index contributed by atoms with van der Waals surface area (Å²) < 4.78 is 7.66. The number of aryl methyl sites for hydroxylation is 1. The zero-order chi connectivity index (χ0) is 17.4. The monoisotopic (exact) mass is 340 g/mol. The van der Waals surface area contributed by atoms with Crippen molar-refractivity contribution in [3.05, 3.63) is 42.5 Å². The summed E-state index contributed by atoms with van der Waals surface area (Å²) in [5, 5.41) is 3.01. The molecule has 1 aromatic heterocycles. The van der Waals surface area contributed by atoms with E-state index in [-0.39, 0.29) is 17.9 Å². The van der Waals surface area contributed by atoms with Gasteiger partial charge in [-0.1, -0.05) is 0 Å². The van der Waals surface area contributed by atoms with E-state index in [0.717, 1.165) is 30.1 Å². The van der Waals surface area contributed by atoms with Crippen molar-refractivity contribution in [3.63, 3.8) is 0 Å². The maximum absolute atomic E-state index is 12.6. The van der Waals surface area contributed by atoms with Gasteiger partial charge in [0.05, 0.1) is 5.92 Å². The Balaban J connectivity index is 1.34. The summed E-state index contributed by atoms with van der Waals surface area (Å²) >= 11 is 0. The van der Waals surface area contributed by atoms with Crippen LogP contribution in [0.3, 0.4) is 0 Å². The number of ether oxygens (including phenoxy) is 1. The molecular weight excluding hydrogens is 316 g/mol. The molecule has 0 saturated heterocycles. The van der Waals surface area contributed by atoms with Crippen molar-refractivity contribution in [2.45, 2.75) is 31.9 Å². The molecule has 4 atom stereocenters. The van der Waals surface area contributed by atoms with Gasteiger partial charge in [-0.15, -0.1) is 0 Å². The second-order valence-corrected chi connectivity index (χ2v) is 7.19. The minimum absolute atomic E-state index is 0.0131. The molecule has 2 bridgehead atoms. The number of nitrogens with one attached hydrogen (secondary N) is 1. The van der Waals surface area contributed by atoms with E-state index in [1.807, 2.05) is 42.1 Å². The number of carbonyl (C=O) groups excluding carboxylic acids is 1. The highest BCUT2D eigenvalue weighted by Gasteiger charge is 2.49. The molecule has 4 unspecified atom stereocenters. The molecule has 0 radical (unpaired) electrons. The maximum Gasteiger partial charge on any atom is 0.229 e. The van der Waals surface area contributed by atoms with Crippen LogP contribution in [0, 0.1) is 17.8 Å². The third-order valence-corrected chi connectivity index (χ3v) is 5.69. The number of nitrogens with two attached hydrogens (primary N) is 1. The number of hydrogen-bond donors (Lipinski definition) is 2. The SMILES string of the molecule is Cn1ccnc1COc1ccc(NC(=O)C2C3CCC(C3)C2N)cc1. The smallest absolute Gasteiger partial charge is 0.229 e. The third-order valence-electron chi connectivity index (χ3n) is 5.69. The summed E-state index contributed by atoms with van der Waals surface area (Å²) in [6.45, 7) is 0.412. The zero-order valence-corrected chi connectivity index (χ0v) is 14.4. The molecular formula is C19H24N4O2. The van der Waals surface area contributed by atoms with Gasteiger partial charge >= 0.3 is 0 Å². The van der Waals surface area contributed by atoms with Gasteiger partial charge in [0.15, 0.2) is 0 Å². The Hall–Kier alpha value is -2.34. The Bertz CT molecular complexity index is 753. The number of anilines is 1. The van der Waals surface area contributed by atoms with Crippen LogP contribution in [0.1, 0.15) is 25.1 Å². The third kappa shape index (κ3) is 3.14. The number of fused-ring (bicyclic) bond motifs is 2. The number of carbonyl (C=O) groups is 1. The molecule has 6 heteroatoms. The van der Waals surface area contributed by atoms with Crippen molar-refractivity contribution >= 4 is 11.6 Å². The van der Waals surface area contributed by atoms with Crippen LogP contribution in [0.25, 0.3) is 0 Å². The summed E-state index contributed by atoms with van der Waals surface area (Å²) in [6, 6.07) is 7.46. The van der Waals surface area contributed by atoms with Gasteiger partial charge in [-0.3, -0.25) is 4.79 Å². The van der Waals surface area contributed by atoms with Gasteiger partial charge in [0.25, 0.3) is 0 Å².